The van der Waals surface area contributed by atoms with E-state index in [1.54, 1.807) is 0 Å². The Kier molecular flexibility index (Phi) is 4.82. The van der Waals surface area contributed by atoms with Crippen molar-refractivity contribution < 1.29 is 0 Å². The molecule has 134 valence electrons. The molecular formula is C18H14ClN7S. The summed E-state index contributed by atoms with van der Waals surface area (Å²) in [5.41, 5.74) is 8.47. The van der Waals surface area contributed by atoms with Crippen LogP contribution in [0.1, 0.15) is 0 Å². The van der Waals surface area contributed by atoms with Gasteiger partial charge in [0.15, 0.2) is 5.13 Å². The summed E-state index contributed by atoms with van der Waals surface area (Å²) in [6, 6.07) is 17.1. The molecule has 0 aliphatic carbocycles. The number of hydrogen-bond acceptors (Lipinski definition) is 8. The van der Waals surface area contributed by atoms with Gasteiger partial charge in [-0.25, -0.2) is 4.98 Å². The van der Waals surface area contributed by atoms with E-state index in [1.165, 1.54) is 11.3 Å². The van der Waals surface area contributed by atoms with Gasteiger partial charge in [0.2, 0.25) is 17.8 Å². The second kappa shape index (κ2) is 7.56. The molecule has 0 aliphatic heterocycles. The van der Waals surface area contributed by atoms with Crippen molar-refractivity contribution >= 4 is 51.6 Å². The van der Waals surface area contributed by atoms with Crippen LogP contribution in [0.25, 0.3) is 11.3 Å². The number of benzene rings is 2. The lowest BCUT2D eigenvalue weighted by molar-refractivity contribution is 1.07. The van der Waals surface area contributed by atoms with Gasteiger partial charge in [-0.1, -0.05) is 41.9 Å². The lowest BCUT2D eigenvalue weighted by Gasteiger charge is -2.07. The van der Waals surface area contributed by atoms with Gasteiger partial charge in [0.1, 0.15) is 0 Å². The minimum Gasteiger partial charge on any atom is -0.368 e. The molecule has 9 heteroatoms. The van der Waals surface area contributed by atoms with E-state index in [-0.39, 0.29) is 5.95 Å². The number of thiazole rings is 1. The molecule has 0 amide bonds. The summed E-state index contributed by atoms with van der Waals surface area (Å²) < 4.78 is 0. The fourth-order valence-electron chi connectivity index (χ4n) is 2.33. The van der Waals surface area contributed by atoms with Crippen LogP contribution in [0, 0.1) is 0 Å². The maximum atomic E-state index is 5.93. The van der Waals surface area contributed by atoms with Gasteiger partial charge in [0.25, 0.3) is 0 Å². The molecule has 2 aromatic heterocycles. The van der Waals surface area contributed by atoms with Gasteiger partial charge in [-0.05, 0) is 24.3 Å². The zero-order valence-corrected chi connectivity index (χ0v) is 15.5. The maximum absolute atomic E-state index is 5.93. The van der Waals surface area contributed by atoms with Crippen LogP contribution in [0.4, 0.5) is 28.7 Å². The summed E-state index contributed by atoms with van der Waals surface area (Å²) in [4.78, 5) is 17.1. The Balaban J connectivity index is 1.53. The molecule has 0 saturated heterocycles. The van der Waals surface area contributed by atoms with Crippen molar-refractivity contribution in [1.82, 2.24) is 19.9 Å². The number of anilines is 5. The van der Waals surface area contributed by atoms with Gasteiger partial charge >= 0.3 is 0 Å². The van der Waals surface area contributed by atoms with E-state index in [1.807, 2.05) is 60.0 Å². The number of hydrogen-bond donors (Lipinski definition) is 3. The third kappa shape index (κ3) is 4.30. The zero-order chi connectivity index (χ0) is 18.6. The van der Waals surface area contributed by atoms with Gasteiger partial charge in [-0.3, -0.25) is 5.32 Å². The quantitative estimate of drug-likeness (QED) is 0.449. The molecule has 27 heavy (non-hydrogen) atoms. The Morgan fingerprint density at radius 3 is 2.26 bits per heavy atom. The standard InChI is InChI=1S/C18H14ClN7S/c19-12-8-6-11(7-9-12)14-10-27-18(22-14)26-17-24-15(20)23-16(25-17)21-13-4-2-1-3-5-13/h1-10H,(H4,20,21,22,23,24,25,26). The highest BCUT2D eigenvalue weighted by Gasteiger charge is 2.09. The highest BCUT2D eigenvalue weighted by Crippen LogP contribution is 2.27. The van der Waals surface area contributed by atoms with Gasteiger partial charge < -0.3 is 11.1 Å². The smallest absolute Gasteiger partial charge is 0.235 e. The van der Waals surface area contributed by atoms with E-state index in [0.717, 1.165) is 16.9 Å². The second-order valence-electron chi connectivity index (χ2n) is 5.50. The average Bonchev–Trinajstić information content (AvgIpc) is 3.11. The fraction of sp³-hybridized carbons (Fsp3) is 0. The Morgan fingerprint density at radius 1 is 0.815 bits per heavy atom. The first kappa shape index (κ1) is 17.2. The number of nitrogens with two attached hydrogens (primary N) is 1. The minimum atomic E-state index is 0.111. The lowest BCUT2D eigenvalue weighted by Crippen LogP contribution is -2.06. The SMILES string of the molecule is Nc1nc(Nc2ccccc2)nc(Nc2nc(-c3ccc(Cl)cc3)cs2)n1. The van der Waals surface area contributed by atoms with E-state index in [0.29, 0.717) is 22.1 Å². The molecule has 4 N–H and O–H groups in total. The van der Waals surface area contributed by atoms with Crippen LogP contribution in [-0.4, -0.2) is 19.9 Å². The Hall–Kier alpha value is -3.23. The van der Waals surface area contributed by atoms with E-state index in [9.17, 15) is 0 Å². The molecule has 2 aromatic carbocycles. The van der Waals surface area contributed by atoms with Crippen LogP contribution in [0.2, 0.25) is 5.02 Å². The van der Waals surface area contributed by atoms with Crippen molar-refractivity contribution in [2.45, 2.75) is 0 Å². The summed E-state index contributed by atoms with van der Waals surface area (Å²) in [5, 5.41) is 9.45. The number of halogens is 1. The zero-order valence-electron chi connectivity index (χ0n) is 13.9. The third-order valence-corrected chi connectivity index (χ3v) is 4.56. The number of nitrogens with one attached hydrogen (secondary N) is 2. The second-order valence-corrected chi connectivity index (χ2v) is 6.80. The number of nitrogen functional groups attached to an aromatic ring is 1. The third-order valence-electron chi connectivity index (χ3n) is 3.55. The molecule has 2 heterocycles. The van der Waals surface area contributed by atoms with E-state index in [2.05, 4.69) is 30.6 Å². The molecule has 7 nitrogen and oxygen atoms in total. The molecule has 0 radical (unpaired) electrons. The number of nitrogens with zero attached hydrogens (tertiary/aromatic N) is 4. The van der Waals surface area contributed by atoms with Crippen LogP contribution in [0.5, 0.6) is 0 Å². The van der Waals surface area contributed by atoms with Crippen molar-refractivity contribution in [3.63, 3.8) is 0 Å². The van der Waals surface area contributed by atoms with Gasteiger partial charge in [0.05, 0.1) is 5.69 Å². The molecule has 0 spiro atoms. The highest BCUT2D eigenvalue weighted by atomic mass is 35.5. The first-order valence-electron chi connectivity index (χ1n) is 7.98. The van der Waals surface area contributed by atoms with Crippen LogP contribution in [0.15, 0.2) is 60.0 Å². The molecule has 0 bridgehead atoms. The Labute approximate surface area is 164 Å². The number of para-hydroxylation sites is 1. The topological polar surface area (TPSA) is 102 Å². The van der Waals surface area contributed by atoms with E-state index >= 15 is 0 Å². The number of aromatic nitrogens is 4. The summed E-state index contributed by atoms with van der Waals surface area (Å²) in [6.07, 6.45) is 0. The molecule has 4 rings (SSSR count). The molecule has 0 saturated carbocycles. The van der Waals surface area contributed by atoms with Gasteiger partial charge in [0, 0.05) is 21.7 Å². The van der Waals surface area contributed by atoms with Crippen molar-refractivity contribution in [3.05, 3.63) is 65.0 Å². The molecule has 4 aromatic rings. The molecule has 0 atom stereocenters. The summed E-state index contributed by atoms with van der Waals surface area (Å²) in [5.74, 6) is 0.782. The Bertz CT molecular complexity index is 1050. The average molecular weight is 396 g/mol. The van der Waals surface area contributed by atoms with Crippen LogP contribution < -0.4 is 16.4 Å². The van der Waals surface area contributed by atoms with Crippen LogP contribution >= 0.6 is 22.9 Å². The van der Waals surface area contributed by atoms with Crippen LogP contribution in [-0.2, 0) is 0 Å². The van der Waals surface area contributed by atoms with Crippen molar-refractivity contribution in [2.75, 3.05) is 16.4 Å². The molecule has 0 unspecified atom stereocenters. The monoisotopic (exact) mass is 395 g/mol. The van der Waals surface area contributed by atoms with Crippen molar-refractivity contribution in [1.29, 1.82) is 0 Å². The normalized spacial score (nSPS) is 10.6. The van der Waals surface area contributed by atoms with E-state index in [4.69, 9.17) is 17.3 Å². The molecule has 0 aliphatic rings. The lowest BCUT2D eigenvalue weighted by atomic mass is 10.2. The summed E-state index contributed by atoms with van der Waals surface area (Å²) in [6.45, 7) is 0. The van der Waals surface area contributed by atoms with E-state index < -0.39 is 0 Å². The predicted molar refractivity (Wildman–Crippen MR) is 110 cm³/mol. The minimum absolute atomic E-state index is 0.111. The van der Waals surface area contributed by atoms with Crippen molar-refractivity contribution in [3.8, 4) is 11.3 Å². The highest BCUT2D eigenvalue weighted by molar-refractivity contribution is 7.14. The maximum Gasteiger partial charge on any atom is 0.235 e. The Morgan fingerprint density at radius 2 is 1.52 bits per heavy atom. The summed E-state index contributed by atoms with van der Waals surface area (Å²) in [7, 11) is 0. The van der Waals surface area contributed by atoms with Gasteiger partial charge in [-0.2, -0.15) is 15.0 Å². The van der Waals surface area contributed by atoms with Crippen molar-refractivity contribution in [2.24, 2.45) is 0 Å². The first-order valence-corrected chi connectivity index (χ1v) is 9.23. The van der Waals surface area contributed by atoms with Crippen LogP contribution in [0.3, 0.4) is 0 Å². The fourth-order valence-corrected chi connectivity index (χ4v) is 3.17. The first-order chi connectivity index (χ1) is 13.2. The molecular weight excluding hydrogens is 382 g/mol. The summed E-state index contributed by atoms with van der Waals surface area (Å²) >= 11 is 7.37. The van der Waals surface area contributed by atoms with Gasteiger partial charge in [-0.15, -0.1) is 11.3 Å². The largest absolute Gasteiger partial charge is 0.368 e. The molecule has 0 fully saturated rings. The predicted octanol–water partition coefficient (Wildman–Crippen LogP) is 4.72. The number of rotatable bonds is 5.